The van der Waals surface area contributed by atoms with E-state index in [2.05, 4.69) is 41.3 Å². The van der Waals surface area contributed by atoms with E-state index in [0.29, 0.717) is 59.0 Å². The van der Waals surface area contributed by atoms with Crippen molar-refractivity contribution in [2.24, 2.45) is 0 Å². The average Bonchev–Trinajstić information content (AvgIpc) is 3.76. The number of nitrogens with zero attached hydrogens (tertiary/aromatic N) is 5. The van der Waals surface area contributed by atoms with Crippen LogP contribution in [0.1, 0.15) is 71.2 Å². The van der Waals surface area contributed by atoms with Crippen molar-refractivity contribution >= 4 is 58.5 Å². The summed E-state index contributed by atoms with van der Waals surface area (Å²) in [5.74, 6) is -1.43. The Kier molecular flexibility index (Phi) is 15.4. The van der Waals surface area contributed by atoms with Crippen LogP contribution in [-0.4, -0.2) is 104 Å². The minimum atomic E-state index is -1.10. The number of urea groups is 2. The zero-order valence-corrected chi connectivity index (χ0v) is 32.9. The number of fused-ring (bicyclic) bond motifs is 2. The van der Waals surface area contributed by atoms with Gasteiger partial charge in [-0.3, -0.25) is 19.8 Å². The highest BCUT2D eigenvalue weighted by atomic mass is 35.5. The second-order valence-electron chi connectivity index (χ2n) is 13.0. The van der Waals surface area contributed by atoms with Crippen molar-refractivity contribution in [2.75, 3.05) is 37.9 Å². The van der Waals surface area contributed by atoms with Crippen LogP contribution in [0.3, 0.4) is 0 Å². The van der Waals surface area contributed by atoms with Crippen LogP contribution in [0.2, 0.25) is 10.0 Å². The van der Waals surface area contributed by atoms with Crippen LogP contribution < -0.4 is 16.1 Å². The molecule has 0 aliphatic carbocycles. The molecular formula is C36H46Cl2N10O7. The molecule has 0 radical (unpaired) electrons. The van der Waals surface area contributed by atoms with E-state index in [1.54, 1.807) is 65.4 Å². The SMILES string of the molecule is CON(C(=O)c1n[nH]c2c1CN(C(=O)Nc1cccc(Cl)c1)CC2)C(C)C.CONC(C)C.O=C(O)c1n[nH]c2c1CN(C(=O)Nc1cccc(Cl)c1)CC2. The van der Waals surface area contributed by atoms with E-state index in [4.69, 9.17) is 33.1 Å². The number of aromatic amines is 2. The molecular weight excluding hydrogens is 755 g/mol. The monoisotopic (exact) mass is 800 g/mol. The second kappa shape index (κ2) is 19.9. The zero-order chi connectivity index (χ0) is 40.2. The van der Waals surface area contributed by atoms with Crippen LogP contribution in [-0.2, 0) is 35.6 Å². The fourth-order valence-electron chi connectivity index (χ4n) is 5.70. The summed E-state index contributed by atoms with van der Waals surface area (Å²) in [5, 5.41) is 30.6. The van der Waals surface area contributed by atoms with E-state index in [1.165, 1.54) is 12.2 Å². The molecule has 55 heavy (non-hydrogen) atoms. The molecule has 0 fully saturated rings. The van der Waals surface area contributed by atoms with Gasteiger partial charge in [-0.15, -0.1) is 0 Å². The third kappa shape index (κ3) is 11.6. The first-order chi connectivity index (χ1) is 26.2. The van der Waals surface area contributed by atoms with Crippen molar-refractivity contribution in [3.63, 3.8) is 0 Å². The molecule has 0 unspecified atom stereocenters. The predicted octanol–water partition coefficient (Wildman–Crippen LogP) is 5.96. The van der Waals surface area contributed by atoms with Gasteiger partial charge < -0.3 is 30.4 Å². The molecule has 4 aromatic rings. The van der Waals surface area contributed by atoms with E-state index in [0.717, 1.165) is 17.0 Å². The van der Waals surface area contributed by atoms with Crippen LogP contribution >= 0.6 is 23.2 Å². The van der Waals surface area contributed by atoms with Crippen LogP contribution in [0.25, 0.3) is 0 Å². The molecule has 0 spiro atoms. The van der Waals surface area contributed by atoms with Crippen LogP contribution in [0.15, 0.2) is 48.5 Å². The van der Waals surface area contributed by atoms with E-state index in [-0.39, 0.29) is 48.5 Å². The van der Waals surface area contributed by atoms with E-state index >= 15 is 0 Å². The molecule has 17 nitrogen and oxygen atoms in total. The number of halogens is 2. The molecule has 2 aromatic heterocycles. The number of hydroxylamine groups is 3. The topological polar surface area (TPSA) is 210 Å². The maximum Gasteiger partial charge on any atom is 0.356 e. The summed E-state index contributed by atoms with van der Waals surface area (Å²) in [6.45, 7) is 9.24. The zero-order valence-electron chi connectivity index (χ0n) is 31.4. The smallest absolute Gasteiger partial charge is 0.356 e. The number of carboxylic acid groups (broad SMARTS) is 1. The minimum absolute atomic E-state index is 0.0322. The van der Waals surface area contributed by atoms with Gasteiger partial charge in [-0.1, -0.05) is 35.3 Å². The second-order valence-corrected chi connectivity index (χ2v) is 13.8. The maximum absolute atomic E-state index is 12.7. The highest BCUT2D eigenvalue weighted by Gasteiger charge is 2.31. The molecule has 2 aliphatic rings. The number of carbonyl (C=O) groups excluding carboxylic acids is 3. The van der Waals surface area contributed by atoms with Gasteiger partial charge >= 0.3 is 18.0 Å². The number of aromatic nitrogens is 4. The number of aromatic carboxylic acids is 1. The molecule has 4 heterocycles. The lowest BCUT2D eigenvalue weighted by Gasteiger charge is -2.28. The minimum Gasteiger partial charge on any atom is -0.476 e. The Bertz CT molecular complexity index is 1950. The lowest BCUT2D eigenvalue weighted by molar-refractivity contribution is -0.115. The molecule has 0 bridgehead atoms. The number of nitrogens with one attached hydrogen (secondary N) is 5. The molecule has 19 heteroatoms. The summed E-state index contributed by atoms with van der Waals surface area (Å²) in [6.07, 6.45) is 1.13. The van der Waals surface area contributed by atoms with Gasteiger partial charge in [0.05, 0.1) is 33.4 Å². The Hall–Kier alpha value is -5.20. The number of amides is 5. The number of hydrogen-bond donors (Lipinski definition) is 6. The largest absolute Gasteiger partial charge is 0.476 e. The van der Waals surface area contributed by atoms with E-state index in [9.17, 15) is 19.2 Å². The molecule has 0 atom stereocenters. The average molecular weight is 802 g/mol. The predicted molar refractivity (Wildman–Crippen MR) is 207 cm³/mol. The first kappa shape index (κ1) is 42.5. The fourth-order valence-corrected chi connectivity index (χ4v) is 6.08. The summed E-state index contributed by atoms with van der Waals surface area (Å²) < 4.78 is 0. The van der Waals surface area contributed by atoms with Gasteiger partial charge in [0.2, 0.25) is 0 Å². The van der Waals surface area contributed by atoms with E-state index in [1.807, 2.05) is 27.7 Å². The third-order valence-electron chi connectivity index (χ3n) is 8.22. The maximum atomic E-state index is 12.7. The van der Waals surface area contributed by atoms with Gasteiger partial charge in [0, 0.05) is 75.9 Å². The van der Waals surface area contributed by atoms with Crippen LogP contribution in [0.5, 0.6) is 0 Å². The third-order valence-corrected chi connectivity index (χ3v) is 8.69. The highest BCUT2D eigenvalue weighted by molar-refractivity contribution is 6.31. The Morgan fingerprint density at radius 3 is 1.65 bits per heavy atom. The van der Waals surface area contributed by atoms with Crippen molar-refractivity contribution < 1.29 is 34.0 Å². The van der Waals surface area contributed by atoms with Crippen molar-refractivity contribution in [3.8, 4) is 0 Å². The van der Waals surface area contributed by atoms with Crippen molar-refractivity contribution in [1.29, 1.82) is 0 Å². The Labute approximate surface area is 328 Å². The molecule has 2 aromatic carbocycles. The first-order valence-corrected chi connectivity index (χ1v) is 18.1. The number of anilines is 2. The molecule has 296 valence electrons. The Morgan fingerprint density at radius 2 is 1.27 bits per heavy atom. The first-order valence-electron chi connectivity index (χ1n) is 17.4. The number of hydrogen-bond acceptors (Lipinski definition) is 9. The number of H-pyrrole nitrogens is 2. The van der Waals surface area contributed by atoms with Gasteiger partial charge in [0.15, 0.2) is 11.4 Å². The summed E-state index contributed by atoms with van der Waals surface area (Å²) in [7, 11) is 3.06. The lowest BCUT2D eigenvalue weighted by Crippen LogP contribution is -2.40. The van der Waals surface area contributed by atoms with Crippen molar-refractivity contribution in [2.45, 2.75) is 65.7 Å². The van der Waals surface area contributed by atoms with Gasteiger partial charge in [-0.2, -0.15) is 10.2 Å². The summed E-state index contributed by atoms with van der Waals surface area (Å²) >= 11 is 11.8. The number of rotatable bonds is 8. The van der Waals surface area contributed by atoms with Gasteiger partial charge in [0.25, 0.3) is 5.91 Å². The molecule has 0 saturated carbocycles. The fraction of sp³-hybridized carbons (Fsp3) is 0.389. The van der Waals surface area contributed by atoms with Crippen LogP contribution in [0, 0.1) is 0 Å². The van der Waals surface area contributed by atoms with Gasteiger partial charge in [0.1, 0.15) is 0 Å². The number of carbonyl (C=O) groups is 4. The normalized spacial score (nSPS) is 13.1. The molecule has 2 aliphatic heterocycles. The van der Waals surface area contributed by atoms with Crippen molar-refractivity contribution in [3.05, 3.63) is 92.5 Å². The number of benzene rings is 2. The molecule has 5 amide bonds. The molecule has 6 N–H and O–H groups in total. The summed E-state index contributed by atoms with van der Waals surface area (Å²) in [5.41, 5.74) is 7.07. The standard InChI is InChI=1S/C18H22ClN5O3.C14H13ClN4O3.C4H11NO/c1-11(2)24(27-3)17(25)16-14-10-23(8-7-15(14)21-22-16)18(26)20-13-6-4-5-12(19)9-13;15-8-2-1-3-9(6-8)16-14(22)19-5-4-11-10(7-19)12(13(20)21)18-17-11;1-4(2)5-6-3/h4-6,9,11H,7-8,10H2,1-3H3,(H,20,26)(H,21,22);1-3,6H,4-5,7H2,(H,16,22)(H,17,18)(H,20,21);4-5H,1-3H3. The van der Waals surface area contributed by atoms with E-state index < -0.39 is 5.97 Å². The molecule has 6 rings (SSSR count). The summed E-state index contributed by atoms with van der Waals surface area (Å²) in [4.78, 5) is 61.7. The lowest BCUT2D eigenvalue weighted by atomic mass is 10.0. The Balaban J connectivity index is 0.000000216. The molecule has 0 saturated heterocycles. The van der Waals surface area contributed by atoms with Crippen molar-refractivity contribution in [1.82, 2.24) is 40.7 Å². The highest BCUT2D eigenvalue weighted by Crippen LogP contribution is 2.25. The van der Waals surface area contributed by atoms with Gasteiger partial charge in [-0.25, -0.2) is 24.9 Å². The quantitative estimate of drug-likeness (QED) is 0.115. The van der Waals surface area contributed by atoms with Gasteiger partial charge in [-0.05, 0) is 64.1 Å². The summed E-state index contributed by atoms with van der Waals surface area (Å²) in [6, 6.07) is 13.5. The van der Waals surface area contributed by atoms with Crippen LogP contribution in [0.4, 0.5) is 21.0 Å². The Morgan fingerprint density at radius 1 is 0.800 bits per heavy atom. The number of carboxylic acids is 1.